The van der Waals surface area contributed by atoms with E-state index in [1.807, 2.05) is 6.92 Å². The van der Waals surface area contributed by atoms with E-state index in [4.69, 9.17) is 4.99 Å². The molecule has 0 saturated carbocycles. The van der Waals surface area contributed by atoms with Gasteiger partial charge in [0, 0.05) is 57.5 Å². The largest absolute Gasteiger partial charge is 0.357 e. The van der Waals surface area contributed by atoms with Crippen molar-refractivity contribution in [1.82, 2.24) is 30.3 Å². The normalized spacial score (nSPS) is 28.4. The molecule has 3 aliphatic rings. The van der Waals surface area contributed by atoms with Crippen LogP contribution in [-0.2, 0) is 17.8 Å². The Labute approximate surface area is 160 Å². The maximum absolute atomic E-state index is 11.8. The Morgan fingerprint density at radius 3 is 3.11 bits per heavy atom. The van der Waals surface area contributed by atoms with Crippen molar-refractivity contribution in [3.05, 3.63) is 11.6 Å². The summed E-state index contributed by atoms with van der Waals surface area (Å²) in [5.41, 5.74) is 0.0882. The Balaban J connectivity index is 1.43. The van der Waals surface area contributed by atoms with Crippen LogP contribution in [0, 0.1) is 18.3 Å². The van der Waals surface area contributed by atoms with Gasteiger partial charge in [-0.2, -0.15) is 0 Å². The average Bonchev–Trinajstić information content (AvgIpc) is 3.21. The monoisotopic (exact) mass is 373 g/mol. The molecule has 0 radical (unpaired) electrons. The average molecular weight is 374 g/mol. The smallest absolute Gasteiger partial charge is 0.220 e. The number of amides is 1. The van der Waals surface area contributed by atoms with Crippen molar-refractivity contribution >= 4 is 11.9 Å². The molecule has 0 bridgehead atoms. The Bertz CT molecular complexity index is 728. The first-order chi connectivity index (χ1) is 13.1. The molecule has 4 rings (SSSR count). The lowest BCUT2D eigenvalue weighted by molar-refractivity contribution is -0.119. The van der Waals surface area contributed by atoms with Crippen molar-refractivity contribution in [1.29, 1.82) is 0 Å². The maximum atomic E-state index is 11.8. The number of carbonyl (C=O) groups is 1. The summed E-state index contributed by atoms with van der Waals surface area (Å²) >= 11 is 0. The van der Waals surface area contributed by atoms with Crippen molar-refractivity contribution in [3.63, 3.8) is 0 Å². The molecular weight excluding hydrogens is 342 g/mol. The van der Waals surface area contributed by atoms with Gasteiger partial charge in [-0.05, 0) is 39.0 Å². The van der Waals surface area contributed by atoms with Gasteiger partial charge in [0.2, 0.25) is 5.91 Å². The van der Waals surface area contributed by atoms with Gasteiger partial charge in [-0.15, -0.1) is 10.2 Å². The third-order valence-electron chi connectivity index (χ3n) is 6.22. The number of aromatic nitrogens is 3. The van der Waals surface area contributed by atoms with Crippen LogP contribution >= 0.6 is 0 Å². The minimum atomic E-state index is 0.0882. The lowest BCUT2D eigenvalue weighted by atomic mass is 9.79. The molecule has 2 unspecified atom stereocenters. The molecule has 3 aliphatic heterocycles. The number of guanidine groups is 1. The lowest BCUT2D eigenvalue weighted by Gasteiger charge is -2.41. The molecule has 148 valence electrons. The van der Waals surface area contributed by atoms with E-state index in [9.17, 15) is 4.79 Å². The highest BCUT2D eigenvalue weighted by Crippen LogP contribution is 2.36. The van der Waals surface area contributed by atoms with Gasteiger partial charge in [-0.3, -0.25) is 9.79 Å². The standard InChI is InChI=1S/C19H31N7O/c1-3-20-18(25-8-4-7-19(13-25)9-17(27)22-12-19)21-10-15-5-6-16-24-23-14(2)26(16)11-15/h15H,3-13H2,1-2H3,(H,20,21)(H,22,27). The molecule has 27 heavy (non-hydrogen) atoms. The summed E-state index contributed by atoms with van der Waals surface area (Å²) in [6, 6.07) is 0. The predicted molar refractivity (Wildman–Crippen MR) is 103 cm³/mol. The van der Waals surface area contributed by atoms with E-state index >= 15 is 0 Å². The number of carbonyl (C=O) groups excluding carboxylic acids is 1. The van der Waals surface area contributed by atoms with Crippen LogP contribution in [-0.4, -0.2) is 64.3 Å². The topological polar surface area (TPSA) is 87.4 Å². The van der Waals surface area contributed by atoms with Crippen LogP contribution in [0.2, 0.25) is 0 Å². The number of hydrogen-bond acceptors (Lipinski definition) is 4. The first kappa shape index (κ1) is 18.3. The Hall–Kier alpha value is -2.12. The van der Waals surface area contributed by atoms with Gasteiger partial charge in [0.1, 0.15) is 11.6 Å². The van der Waals surface area contributed by atoms with Crippen molar-refractivity contribution in [2.75, 3.05) is 32.7 Å². The van der Waals surface area contributed by atoms with E-state index in [0.29, 0.717) is 12.3 Å². The highest BCUT2D eigenvalue weighted by molar-refractivity contribution is 5.81. The summed E-state index contributed by atoms with van der Waals surface area (Å²) in [5, 5.41) is 15.0. The molecule has 8 heteroatoms. The van der Waals surface area contributed by atoms with Gasteiger partial charge in [0.25, 0.3) is 0 Å². The van der Waals surface area contributed by atoms with Gasteiger partial charge < -0.3 is 20.1 Å². The number of aliphatic imine (C=N–C) groups is 1. The summed E-state index contributed by atoms with van der Waals surface area (Å²) in [4.78, 5) is 19.1. The number of nitrogens with one attached hydrogen (secondary N) is 2. The van der Waals surface area contributed by atoms with Crippen molar-refractivity contribution in [2.24, 2.45) is 16.3 Å². The molecule has 2 atom stereocenters. The fourth-order valence-electron chi connectivity index (χ4n) is 4.75. The van der Waals surface area contributed by atoms with Crippen molar-refractivity contribution in [3.8, 4) is 0 Å². The zero-order valence-electron chi connectivity index (χ0n) is 16.5. The number of nitrogens with zero attached hydrogens (tertiary/aromatic N) is 5. The number of hydrogen-bond donors (Lipinski definition) is 2. The Kier molecular flexibility index (Phi) is 5.06. The number of piperidine rings is 1. The second-order valence-corrected chi connectivity index (χ2v) is 8.35. The van der Waals surface area contributed by atoms with Gasteiger partial charge in [-0.25, -0.2) is 0 Å². The van der Waals surface area contributed by atoms with Crippen LogP contribution in [0.3, 0.4) is 0 Å². The van der Waals surface area contributed by atoms with E-state index < -0.39 is 0 Å². The minimum absolute atomic E-state index is 0.0882. The van der Waals surface area contributed by atoms with Gasteiger partial charge in [0.15, 0.2) is 5.96 Å². The number of likely N-dealkylation sites (tertiary alicyclic amines) is 1. The van der Waals surface area contributed by atoms with E-state index in [1.54, 1.807) is 0 Å². The van der Waals surface area contributed by atoms with Gasteiger partial charge >= 0.3 is 0 Å². The van der Waals surface area contributed by atoms with Crippen molar-refractivity contribution in [2.45, 2.75) is 52.5 Å². The molecule has 1 spiro atoms. The maximum Gasteiger partial charge on any atom is 0.220 e. The first-order valence-electron chi connectivity index (χ1n) is 10.3. The third kappa shape index (κ3) is 3.80. The molecule has 2 fully saturated rings. The second-order valence-electron chi connectivity index (χ2n) is 8.35. The van der Waals surface area contributed by atoms with E-state index in [2.05, 4.69) is 37.2 Å². The van der Waals surface area contributed by atoms with Gasteiger partial charge in [0.05, 0.1) is 0 Å². The predicted octanol–water partition coefficient (Wildman–Crippen LogP) is 0.717. The minimum Gasteiger partial charge on any atom is -0.357 e. The molecule has 0 aliphatic carbocycles. The van der Waals surface area contributed by atoms with Crippen LogP contribution in [0.4, 0.5) is 0 Å². The molecule has 1 aromatic heterocycles. The molecule has 1 amide bonds. The summed E-state index contributed by atoms with van der Waals surface area (Å²) in [6.45, 7) is 9.51. The SMILES string of the molecule is CCNC(=NCC1CCc2nnc(C)n2C1)N1CCCC2(CNC(=O)C2)C1. The van der Waals surface area contributed by atoms with E-state index in [0.717, 1.165) is 82.6 Å². The summed E-state index contributed by atoms with van der Waals surface area (Å²) in [5.74, 6) is 3.83. The highest BCUT2D eigenvalue weighted by Gasteiger charge is 2.42. The zero-order valence-corrected chi connectivity index (χ0v) is 16.5. The number of fused-ring (bicyclic) bond motifs is 1. The highest BCUT2D eigenvalue weighted by atomic mass is 16.1. The summed E-state index contributed by atoms with van der Waals surface area (Å²) in [7, 11) is 0. The lowest BCUT2D eigenvalue weighted by Crippen LogP contribution is -2.51. The fraction of sp³-hybridized carbons (Fsp3) is 0.789. The molecule has 2 N–H and O–H groups in total. The molecule has 8 nitrogen and oxygen atoms in total. The Morgan fingerprint density at radius 1 is 1.44 bits per heavy atom. The molecule has 2 saturated heterocycles. The van der Waals surface area contributed by atoms with Gasteiger partial charge in [-0.1, -0.05) is 0 Å². The second kappa shape index (κ2) is 7.48. The van der Waals surface area contributed by atoms with Crippen LogP contribution in [0.25, 0.3) is 0 Å². The summed E-state index contributed by atoms with van der Waals surface area (Å²) < 4.78 is 2.24. The van der Waals surface area contributed by atoms with E-state index in [-0.39, 0.29) is 11.3 Å². The third-order valence-corrected chi connectivity index (χ3v) is 6.22. The number of rotatable bonds is 3. The summed E-state index contributed by atoms with van der Waals surface area (Å²) in [6.07, 6.45) is 4.99. The van der Waals surface area contributed by atoms with Crippen LogP contribution in [0.15, 0.2) is 4.99 Å². The van der Waals surface area contributed by atoms with E-state index in [1.165, 1.54) is 0 Å². The molecular formula is C19H31N7O. The molecule has 4 heterocycles. The van der Waals surface area contributed by atoms with Crippen LogP contribution < -0.4 is 10.6 Å². The quantitative estimate of drug-likeness (QED) is 0.602. The zero-order chi connectivity index (χ0) is 18.9. The number of aryl methyl sites for hydroxylation is 2. The fourth-order valence-corrected chi connectivity index (χ4v) is 4.75. The molecule has 0 aromatic carbocycles. The van der Waals surface area contributed by atoms with Crippen molar-refractivity contribution < 1.29 is 4.79 Å². The Morgan fingerprint density at radius 2 is 2.33 bits per heavy atom. The van der Waals surface area contributed by atoms with Crippen LogP contribution in [0.5, 0.6) is 0 Å². The first-order valence-corrected chi connectivity index (χ1v) is 10.3. The van der Waals surface area contributed by atoms with Crippen LogP contribution in [0.1, 0.15) is 44.3 Å². The molecule has 1 aromatic rings.